The van der Waals surface area contributed by atoms with Crippen molar-refractivity contribution >= 4 is 27.7 Å². The van der Waals surface area contributed by atoms with Gasteiger partial charge in [0.05, 0.1) is 0 Å². The molecule has 0 aliphatic carbocycles. The summed E-state index contributed by atoms with van der Waals surface area (Å²) in [5.74, 6) is 2.03. The van der Waals surface area contributed by atoms with Gasteiger partial charge in [0.1, 0.15) is 5.82 Å². The number of benzene rings is 1. The maximum Gasteiger partial charge on any atom is 0.126 e. The van der Waals surface area contributed by atoms with Crippen molar-refractivity contribution in [1.29, 1.82) is 0 Å². The average molecular weight is 333 g/mol. The van der Waals surface area contributed by atoms with Crippen LogP contribution in [0.15, 0.2) is 22.7 Å². The zero-order chi connectivity index (χ0) is 13.1. The number of likely N-dealkylation sites (N-methyl/N-ethyl adjacent to an activating group) is 1. The van der Waals surface area contributed by atoms with Gasteiger partial charge in [-0.25, -0.2) is 4.39 Å². The van der Waals surface area contributed by atoms with Crippen LogP contribution >= 0.6 is 27.7 Å². The molecule has 1 heterocycles. The van der Waals surface area contributed by atoms with Crippen LogP contribution in [0.25, 0.3) is 0 Å². The molecule has 0 amide bonds. The summed E-state index contributed by atoms with van der Waals surface area (Å²) in [5, 5.41) is 0. The molecule has 2 rings (SSSR count). The fourth-order valence-corrected chi connectivity index (χ4v) is 3.98. The molecule has 1 aromatic rings. The first-order valence-electron chi connectivity index (χ1n) is 6.05. The molecule has 0 saturated carbocycles. The standard InChI is InChI=1S/C13H18BrFN2S/c1-17-4-5-18-8-13(17)12(16)7-9-6-10(14)2-3-11(9)15/h2-3,6,12-13H,4-5,7-8,16H2,1H3. The Bertz CT molecular complexity index is 416. The number of nitrogens with two attached hydrogens (primary N) is 1. The number of thioether (sulfide) groups is 1. The minimum Gasteiger partial charge on any atom is -0.326 e. The lowest BCUT2D eigenvalue weighted by Gasteiger charge is -2.36. The van der Waals surface area contributed by atoms with E-state index in [1.54, 1.807) is 6.07 Å². The third kappa shape index (κ3) is 3.47. The molecule has 0 spiro atoms. The van der Waals surface area contributed by atoms with Gasteiger partial charge < -0.3 is 10.6 Å². The first-order chi connectivity index (χ1) is 8.58. The Labute approximate surface area is 120 Å². The van der Waals surface area contributed by atoms with Crippen LogP contribution in [0.3, 0.4) is 0 Å². The van der Waals surface area contributed by atoms with Crippen LogP contribution in [0, 0.1) is 5.82 Å². The Balaban J connectivity index is 2.05. The topological polar surface area (TPSA) is 29.3 Å². The minimum absolute atomic E-state index is 0.0217. The second kappa shape index (κ2) is 6.37. The van der Waals surface area contributed by atoms with E-state index in [9.17, 15) is 4.39 Å². The fraction of sp³-hybridized carbons (Fsp3) is 0.538. The van der Waals surface area contributed by atoms with E-state index in [4.69, 9.17) is 5.73 Å². The monoisotopic (exact) mass is 332 g/mol. The van der Waals surface area contributed by atoms with Crippen molar-refractivity contribution in [3.63, 3.8) is 0 Å². The molecule has 1 aliphatic rings. The molecule has 2 N–H and O–H groups in total. The lowest BCUT2D eigenvalue weighted by molar-refractivity contribution is 0.234. The summed E-state index contributed by atoms with van der Waals surface area (Å²) < 4.78 is 14.6. The van der Waals surface area contributed by atoms with Gasteiger partial charge in [0.2, 0.25) is 0 Å². The second-order valence-corrected chi connectivity index (χ2v) is 6.79. The van der Waals surface area contributed by atoms with Crippen LogP contribution in [-0.2, 0) is 6.42 Å². The largest absolute Gasteiger partial charge is 0.326 e. The Hall–Kier alpha value is -0.100. The molecule has 2 unspecified atom stereocenters. The Morgan fingerprint density at radius 2 is 2.39 bits per heavy atom. The molecule has 5 heteroatoms. The second-order valence-electron chi connectivity index (χ2n) is 4.73. The van der Waals surface area contributed by atoms with E-state index in [2.05, 4.69) is 27.9 Å². The maximum atomic E-state index is 13.7. The highest BCUT2D eigenvalue weighted by molar-refractivity contribution is 9.10. The molecule has 0 radical (unpaired) electrons. The normalized spacial score (nSPS) is 23.0. The zero-order valence-corrected chi connectivity index (χ0v) is 12.8. The van der Waals surface area contributed by atoms with E-state index in [1.807, 2.05) is 17.8 Å². The van der Waals surface area contributed by atoms with Crippen molar-refractivity contribution in [3.05, 3.63) is 34.1 Å². The van der Waals surface area contributed by atoms with E-state index >= 15 is 0 Å². The summed E-state index contributed by atoms with van der Waals surface area (Å²) in [6, 6.07) is 5.34. The molecule has 2 atom stereocenters. The van der Waals surface area contributed by atoms with E-state index in [0.29, 0.717) is 18.0 Å². The highest BCUT2D eigenvalue weighted by atomic mass is 79.9. The van der Waals surface area contributed by atoms with Crippen molar-refractivity contribution in [2.45, 2.75) is 18.5 Å². The van der Waals surface area contributed by atoms with Gasteiger partial charge in [0.25, 0.3) is 0 Å². The molecule has 2 nitrogen and oxygen atoms in total. The molecule has 0 aromatic heterocycles. The maximum absolute atomic E-state index is 13.7. The van der Waals surface area contributed by atoms with Crippen molar-refractivity contribution in [2.75, 3.05) is 25.1 Å². The number of halogens is 2. The van der Waals surface area contributed by atoms with E-state index in [0.717, 1.165) is 22.5 Å². The van der Waals surface area contributed by atoms with Crippen LogP contribution in [-0.4, -0.2) is 42.1 Å². The van der Waals surface area contributed by atoms with Gasteiger partial charge in [-0.3, -0.25) is 0 Å². The predicted molar refractivity (Wildman–Crippen MR) is 79.5 cm³/mol. The van der Waals surface area contributed by atoms with E-state index in [-0.39, 0.29) is 11.9 Å². The van der Waals surface area contributed by atoms with Gasteiger partial charge in [0.15, 0.2) is 0 Å². The number of hydrogen-bond donors (Lipinski definition) is 1. The summed E-state index contributed by atoms with van der Waals surface area (Å²) in [6.45, 7) is 1.06. The smallest absolute Gasteiger partial charge is 0.126 e. The highest BCUT2D eigenvalue weighted by Crippen LogP contribution is 2.21. The summed E-state index contributed by atoms with van der Waals surface area (Å²) >= 11 is 5.30. The number of nitrogens with zero attached hydrogens (tertiary/aromatic N) is 1. The van der Waals surface area contributed by atoms with Crippen LogP contribution in [0.2, 0.25) is 0 Å². The summed E-state index contributed by atoms with van der Waals surface area (Å²) in [4.78, 5) is 2.29. The quantitative estimate of drug-likeness (QED) is 0.922. The van der Waals surface area contributed by atoms with Crippen molar-refractivity contribution in [1.82, 2.24) is 4.90 Å². The first kappa shape index (κ1) is 14.3. The van der Waals surface area contributed by atoms with Crippen molar-refractivity contribution in [3.8, 4) is 0 Å². The summed E-state index contributed by atoms with van der Waals surface area (Å²) in [6.07, 6.45) is 0.584. The third-order valence-corrected chi connectivity index (χ3v) is 4.94. The Morgan fingerprint density at radius 3 is 3.11 bits per heavy atom. The number of hydrogen-bond acceptors (Lipinski definition) is 3. The lowest BCUT2D eigenvalue weighted by atomic mass is 10.00. The molecule has 1 fully saturated rings. The molecular formula is C13H18BrFN2S. The molecule has 1 saturated heterocycles. The molecule has 1 aromatic carbocycles. The van der Waals surface area contributed by atoms with Gasteiger partial charge in [-0.05, 0) is 37.2 Å². The van der Waals surface area contributed by atoms with Gasteiger partial charge in [-0.15, -0.1) is 0 Å². The number of rotatable bonds is 3. The molecular weight excluding hydrogens is 315 g/mol. The third-order valence-electron chi connectivity index (χ3n) is 3.40. The SMILES string of the molecule is CN1CCSCC1C(N)Cc1cc(Br)ccc1F. The van der Waals surface area contributed by atoms with Gasteiger partial charge >= 0.3 is 0 Å². The van der Waals surface area contributed by atoms with Crippen LogP contribution in [0.4, 0.5) is 4.39 Å². The van der Waals surface area contributed by atoms with Crippen LogP contribution in [0.1, 0.15) is 5.56 Å². The summed E-state index contributed by atoms with van der Waals surface area (Å²) in [5.41, 5.74) is 6.95. The molecule has 1 aliphatic heterocycles. The lowest BCUT2D eigenvalue weighted by Crippen LogP contribution is -2.51. The van der Waals surface area contributed by atoms with Gasteiger partial charge in [0, 0.05) is 34.6 Å². The predicted octanol–water partition coefficient (Wildman–Crippen LogP) is 2.51. The first-order valence-corrected chi connectivity index (χ1v) is 8.00. The fourth-order valence-electron chi connectivity index (χ4n) is 2.25. The summed E-state index contributed by atoms with van der Waals surface area (Å²) in [7, 11) is 2.10. The highest BCUT2D eigenvalue weighted by Gasteiger charge is 2.26. The van der Waals surface area contributed by atoms with E-state index < -0.39 is 0 Å². The zero-order valence-electron chi connectivity index (χ0n) is 10.4. The van der Waals surface area contributed by atoms with E-state index in [1.165, 1.54) is 6.07 Å². The molecule has 18 heavy (non-hydrogen) atoms. The Kier molecular flexibility index (Phi) is 5.06. The average Bonchev–Trinajstić information content (AvgIpc) is 2.34. The van der Waals surface area contributed by atoms with Crippen molar-refractivity contribution < 1.29 is 4.39 Å². The Morgan fingerprint density at radius 1 is 1.61 bits per heavy atom. The molecule has 0 bridgehead atoms. The van der Waals surface area contributed by atoms with Crippen LogP contribution < -0.4 is 5.73 Å². The minimum atomic E-state index is -0.167. The van der Waals surface area contributed by atoms with Crippen molar-refractivity contribution in [2.24, 2.45) is 5.73 Å². The van der Waals surface area contributed by atoms with Crippen LogP contribution in [0.5, 0.6) is 0 Å². The van der Waals surface area contributed by atoms with Gasteiger partial charge in [-0.1, -0.05) is 15.9 Å². The van der Waals surface area contributed by atoms with Gasteiger partial charge in [-0.2, -0.15) is 11.8 Å². The molecule has 100 valence electrons.